The summed E-state index contributed by atoms with van der Waals surface area (Å²) in [6.45, 7) is 0. The van der Waals surface area contributed by atoms with E-state index in [9.17, 15) is 35.5 Å². The molecule has 0 saturated carbocycles. The molecule has 3 rings (SSSR count). The molecule has 0 aliphatic heterocycles. The Morgan fingerprint density at radius 1 is 1.00 bits per heavy atom. The monoisotopic (exact) mass is 445 g/mol. The van der Waals surface area contributed by atoms with E-state index in [1.807, 2.05) is 0 Å². The van der Waals surface area contributed by atoms with Gasteiger partial charge in [0.25, 0.3) is 5.91 Å². The number of benzene rings is 1. The fourth-order valence-electron chi connectivity index (χ4n) is 2.54. The number of carbonyl (C=O) groups is 1. The lowest BCUT2D eigenvalue weighted by molar-refractivity contribution is -0.143. The number of nitrogens with two attached hydrogens (primary N) is 1. The molecule has 2 N–H and O–H groups in total. The number of hydrogen-bond acceptors (Lipinski definition) is 4. The zero-order valence-corrected chi connectivity index (χ0v) is 15.0. The predicted octanol–water partition coefficient (Wildman–Crippen LogP) is 4.00. The molecular formula is C18H10F7N5O. The van der Waals surface area contributed by atoms with Crippen molar-refractivity contribution in [3.05, 3.63) is 65.5 Å². The third kappa shape index (κ3) is 4.87. The number of amides is 1. The number of nitrogens with zero attached hydrogens (tertiary/aromatic N) is 4. The lowest BCUT2D eigenvalue weighted by atomic mass is 10.0. The Morgan fingerprint density at radius 3 is 2.13 bits per heavy atom. The Bertz CT molecular complexity index is 1130. The van der Waals surface area contributed by atoms with Crippen LogP contribution in [-0.2, 0) is 17.1 Å². The summed E-state index contributed by atoms with van der Waals surface area (Å²) in [5.41, 5.74) is 0.887. The van der Waals surface area contributed by atoms with Crippen LogP contribution in [0.1, 0.15) is 16.7 Å². The van der Waals surface area contributed by atoms with E-state index < -0.39 is 52.3 Å². The Kier molecular flexibility index (Phi) is 5.53. The number of alkyl halides is 6. The molecule has 0 saturated heterocycles. The summed E-state index contributed by atoms with van der Waals surface area (Å²) in [5, 5.41) is 3.75. The molecule has 0 bridgehead atoms. The standard InChI is InChI=1S/C18H10F7N5O/c19-14-12(2-1-3-27-14)13(15(26)31)7-30-8-28-16(29-30)9-4-10(17(20,21)22)6-11(5-9)18(23,24)25/h1-8H,(H2,26,31)/b13-7+. The van der Waals surface area contributed by atoms with Crippen molar-refractivity contribution in [3.8, 4) is 11.4 Å². The molecule has 2 aromatic heterocycles. The largest absolute Gasteiger partial charge is 0.416 e. The highest BCUT2D eigenvalue weighted by Crippen LogP contribution is 2.38. The summed E-state index contributed by atoms with van der Waals surface area (Å²) in [6.07, 6.45) is -7.15. The van der Waals surface area contributed by atoms with Gasteiger partial charge in [0.15, 0.2) is 5.82 Å². The Morgan fingerprint density at radius 2 is 1.61 bits per heavy atom. The molecule has 6 nitrogen and oxygen atoms in total. The van der Waals surface area contributed by atoms with E-state index >= 15 is 0 Å². The van der Waals surface area contributed by atoms with Crippen LogP contribution >= 0.6 is 0 Å². The van der Waals surface area contributed by atoms with Gasteiger partial charge >= 0.3 is 12.4 Å². The van der Waals surface area contributed by atoms with Crippen molar-refractivity contribution in [1.29, 1.82) is 0 Å². The second kappa shape index (κ2) is 7.81. The van der Waals surface area contributed by atoms with Crippen LogP contribution in [0.2, 0.25) is 0 Å². The van der Waals surface area contributed by atoms with Gasteiger partial charge in [-0.15, -0.1) is 5.10 Å². The van der Waals surface area contributed by atoms with Crippen LogP contribution in [0.15, 0.2) is 42.9 Å². The normalized spacial score (nSPS) is 12.8. The molecule has 0 aliphatic carbocycles. The second-order valence-electron chi connectivity index (χ2n) is 6.09. The lowest BCUT2D eigenvalue weighted by Gasteiger charge is -2.13. The van der Waals surface area contributed by atoms with E-state index in [4.69, 9.17) is 5.73 Å². The predicted molar refractivity (Wildman–Crippen MR) is 93.0 cm³/mol. The molecule has 0 spiro atoms. The highest BCUT2D eigenvalue weighted by Gasteiger charge is 2.37. The van der Waals surface area contributed by atoms with E-state index in [1.165, 1.54) is 12.1 Å². The molecule has 162 valence electrons. The van der Waals surface area contributed by atoms with Gasteiger partial charge in [0, 0.05) is 23.5 Å². The quantitative estimate of drug-likeness (QED) is 0.374. The smallest absolute Gasteiger partial charge is 0.366 e. The Labute approximate surface area is 168 Å². The summed E-state index contributed by atoms with van der Waals surface area (Å²) in [5.74, 6) is -2.61. The molecule has 31 heavy (non-hydrogen) atoms. The molecule has 1 aromatic carbocycles. The van der Waals surface area contributed by atoms with E-state index in [-0.39, 0.29) is 11.6 Å². The number of aromatic nitrogens is 4. The third-order valence-corrected chi connectivity index (χ3v) is 3.93. The van der Waals surface area contributed by atoms with Crippen LogP contribution in [0.4, 0.5) is 30.7 Å². The highest BCUT2D eigenvalue weighted by molar-refractivity contribution is 6.22. The minimum absolute atomic E-state index is 0.0310. The Balaban J connectivity index is 2.08. The van der Waals surface area contributed by atoms with Crippen LogP contribution < -0.4 is 5.73 Å². The first-order chi connectivity index (χ1) is 14.4. The van der Waals surface area contributed by atoms with Gasteiger partial charge in [-0.2, -0.15) is 30.7 Å². The van der Waals surface area contributed by atoms with Crippen molar-refractivity contribution in [3.63, 3.8) is 0 Å². The van der Waals surface area contributed by atoms with E-state index in [0.29, 0.717) is 12.1 Å². The van der Waals surface area contributed by atoms with E-state index in [2.05, 4.69) is 15.1 Å². The maximum Gasteiger partial charge on any atom is 0.416 e. The molecule has 0 radical (unpaired) electrons. The zero-order valence-electron chi connectivity index (χ0n) is 15.0. The number of rotatable bonds is 4. The van der Waals surface area contributed by atoms with Crippen molar-refractivity contribution in [2.24, 2.45) is 5.73 Å². The van der Waals surface area contributed by atoms with Crippen molar-refractivity contribution in [2.45, 2.75) is 12.4 Å². The van der Waals surface area contributed by atoms with Gasteiger partial charge in [-0.25, -0.2) is 14.6 Å². The van der Waals surface area contributed by atoms with Crippen molar-refractivity contribution < 1.29 is 35.5 Å². The molecule has 2 heterocycles. The topological polar surface area (TPSA) is 86.7 Å². The van der Waals surface area contributed by atoms with Crippen molar-refractivity contribution >= 4 is 17.7 Å². The van der Waals surface area contributed by atoms with Crippen molar-refractivity contribution in [2.75, 3.05) is 0 Å². The first kappa shape index (κ1) is 21.9. The van der Waals surface area contributed by atoms with E-state index in [0.717, 1.165) is 23.4 Å². The summed E-state index contributed by atoms with van der Waals surface area (Å²) < 4.78 is 92.8. The fraction of sp³-hybridized carbons (Fsp3) is 0.111. The van der Waals surface area contributed by atoms with Crippen LogP contribution in [0.25, 0.3) is 23.2 Å². The maximum atomic E-state index is 13.9. The lowest BCUT2D eigenvalue weighted by Crippen LogP contribution is -2.15. The van der Waals surface area contributed by atoms with E-state index in [1.54, 1.807) is 0 Å². The van der Waals surface area contributed by atoms with Gasteiger partial charge in [0.2, 0.25) is 5.95 Å². The molecule has 0 unspecified atom stereocenters. The number of pyridine rings is 1. The number of carbonyl (C=O) groups excluding carboxylic acids is 1. The van der Waals surface area contributed by atoms with Crippen LogP contribution in [0.5, 0.6) is 0 Å². The molecule has 3 aromatic rings. The van der Waals surface area contributed by atoms with Gasteiger partial charge in [-0.05, 0) is 30.3 Å². The zero-order chi connectivity index (χ0) is 23.0. The van der Waals surface area contributed by atoms with Crippen molar-refractivity contribution in [1.82, 2.24) is 19.7 Å². The van der Waals surface area contributed by atoms with Gasteiger partial charge in [-0.3, -0.25) is 4.79 Å². The summed E-state index contributed by atoms with van der Waals surface area (Å²) in [7, 11) is 0. The maximum absolute atomic E-state index is 13.9. The van der Waals surface area contributed by atoms with Gasteiger partial charge in [0.05, 0.1) is 16.7 Å². The first-order valence-electron chi connectivity index (χ1n) is 8.20. The van der Waals surface area contributed by atoms with Gasteiger partial charge < -0.3 is 5.73 Å². The number of hydrogen-bond donors (Lipinski definition) is 1. The molecular weight excluding hydrogens is 435 g/mol. The minimum Gasteiger partial charge on any atom is -0.366 e. The first-order valence-corrected chi connectivity index (χ1v) is 8.20. The minimum atomic E-state index is -5.05. The molecule has 1 amide bonds. The van der Waals surface area contributed by atoms with Crippen LogP contribution in [0, 0.1) is 5.95 Å². The van der Waals surface area contributed by atoms with Crippen LogP contribution in [-0.4, -0.2) is 25.7 Å². The number of halogens is 7. The average Bonchev–Trinajstić information content (AvgIpc) is 3.14. The summed E-state index contributed by atoms with van der Waals surface area (Å²) in [6, 6.07) is 3.39. The van der Waals surface area contributed by atoms with Gasteiger partial charge in [-0.1, -0.05) is 0 Å². The SMILES string of the molecule is NC(=O)/C(=C/n1cnc(-c2cc(C(F)(F)F)cc(C(F)(F)F)c2)n1)c1cccnc1F. The highest BCUT2D eigenvalue weighted by atomic mass is 19.4. The van der Waals surface area contributed by atoms with Crippen LogP contribution in [0.3, 0.4) is 0 Å². The fourth-order valence-corrected chi connectivity index (χ4v) is 2.54. The second-order valence-corrected chi connectivity index (χ2v) is 6.09. The summed E-state index contributed by atoms with van der Waals surface area (Å²) in [4.78, 5) is 18.7. The number of primary amides is 1. The Hall–Kier alpha value is -3.77. The summed E-state index contributed by atoms with van der Waals surface area (Å²) >= 11 is 0. The molecule has 0 atom stereocenters. The molecule has 0 aliphatic rings. The molecule has 13 heteroatoms. The average molecular weight is 445 g/mol. The third-order valence-electron chi connectivity index (χ3n) is 3.93. The molecule has 0 fully saturated rings. The van der Waals surface area contributed by atoms with Gasteiger partial charge in [0.1, 0.15) is 6.33 Å².